The van der Waals surface area contributed by atoms with Crippen LogP contribution in [0.1, 0.15) is 17.3 Å². The molecule has 0 saturated heterocycles. The minimum Gasteiger partial charge on any atom is -0.478 e. The number of carboxylic acid groups (broad SMARTS) is 1. The lowest BCUT2D eigenvalue weighted by molar-refractivity contribution is 0.0697. The van der Waals surface area contributed by atoms with Crippen LogP contribution in [-0.4, -0.2) is 37.9 Å². The number of carbonyl (C=O) groups is 1. The van der Waals surface area contributed by atoms with Gasteiger partial charge in [0.2, 0.25) is 0 Å². The highest BCUT2D eigenvalue weighted by atomic mass is 79.9. The zero-order chi connectivity index (χ0) is 12.8. The van der Waals surface area contributed by atoms with Crippen molar-refractivity contribution >= 4 is 27.6 Å². The Kier molecular flexibility index (Phi) is 5.44. The van der Waals surface area contributed by atoms with Gasteiger partial charge in [-0.3, -0.25) is 0 Å². The van der Waals surface area contributed by atoms with Crippen molar-refractivity contribution in [3.8, 4) is 0 Å². The monoisotopic (exact) mass is 301 g/mol. The number of halogens is 1. The highest BCUT2D eigenvalue weighted by molar-refractivity contribution is 9.10. The Morgan fingerprint density at radius 3 is 2.76 bits per heavy atom. The van der Waals surface area contributed by atoms with Gasteiger partial charge in [0.1, 0.15) is 0 Å². The van der Waals surface area contributed by atoms with E-state index in [0.29, 0.717) is 13.2 Å². The lowest BCUT2D eigenvalue weighted by Gasteiger charge is -2.20. The van der Waals surface area contributed by atoms with Crippen molar-refractivity contribution in [2.24, 2.45) is 0 Å². The molecule has 1 N–H and O–H groups in total. The quantitative estimate of drug-likeness (QED) is 0.821. The van der Waals surface area contributed by atoms with E-state index in [4.69, 9.17) is 9.84 Å². The van der Waals surface area contributed by atoms with Crippen LogP contribution in [0.4, 0.5) is 5.69 Å². The summed E-state index contributed by atoms with van der Waals surface area (Å²) >= 11 is 3.38. The Morgan fingerprint density at radius 2 is 2.24 bits per heavy atom. The molecule has 0 atom stereocenters. The smallest absolute Gasteiger partial charge is 0.335 e. The zero-order valence-electron chi connectivity index (χ0n) is 9.94. The van der Waals surface area contributed by atoms with Gasteiger partial charge >= 0.3 is 5.97 Å². The van der Waals surface area contributed by atoms with E-state index < -0.39 is 5.97 Å². The van der Waals surface area contributed by atoms with E-state index in [9.17, 15) is 4.79 Å². The third kappa shape index (κ3) is 4.02. The van der Waals surface area contributed by atoms with Crippen LogP contribution in [-0.2, 0) is 4.74 Å². The van der Waals surface area contributed by atoms with Gasteiger partial charge in [-0.05, 0) is 41.1 Å². The van der Waals surface area contributed by atoms with E-state index in [1.54, 1.807) is 18.2 Å². The number of aromatic carboxylic acids is 1. The van der Waals surface area contributed by atoms with Gasteiger partial charge in [-0.2, -0.15) is 0 Å². The topological polar surface area (TPSA) is 49.8 Å². The summed E-state index contributed by atoms with van der Waals surface area (Å²) in [5, 5.41) is 8.86. The molecular weight excluding hydrogens is 286 g/mol. The van der Waals surface area contributed by atoms with Gasteiger partial charge in [-0.1, -0.05) is 0 Å². The molecule has 0 spiro atoms. The molecule has 0 bridgehead atoms. The molecule has 4 nitrogen and oxygen atoms in total. The summed E-state index contributed by atoms with van der Waals surface area (Å²) < 4.78 is 6.05. The molecule has 0 heterocycles. The second kappa shape index (κ2) is 6.61. The molecule has 0 unspecified atom stereocenters. The predicted octanol–water partition coefficient (Wildman–Crippen LogP) is 2.62. The van der Waals surface area contributed by atoms with Crippen LogP contribution in [0.25, 0.3) is 0 Å². The number of anilines is 1. The molecule has 1 aromatic rings. The molecule has 0 saturated carbocycles. The van der Waals surface area contributed by atoms with Crippen molar-refractivity contribution in [3.63, 3.8) is 0 Å². The van der Waals surface area contributed by atoms with E-state index in [0.717, 1.165) is 16.7 Å². The van der Waals surface area contributed by atoms with Gasteiger partial charge in [-0.15, -0.1) is 0 Å². The van der Waals surface area contributed by atoms with Crippen molar-refractivity contribution in [2.45, 2.75) is 6.92 Å². The van der Waals surface area contributed by atoms with Crippen LogP contribution in [0, 0.1) is 0 Å². The molecular formula is C12H16BrNO3. The molecule has 94 valence electrons. The van der Waals surface area contributed by atoms with E-state index in [2.05, 4.69) is 15.9 Å². The van der Waals surface area contributed by atoms with Crippen LogP contribution in [0.2, 0.25) is 0 Å². The predicted molar refractivity (Wildman–Crippen MR) is 70.9 cm³/mol. The van der Waals surface area contributed by atoms with E-state index in [1.807, 2.05) is 18.9 Å². The maximum Gasteiger partial charge on any atom is 0.335 e. The third-order valence-corrected chi connectivity index (χ3v) is 3.02. The summed E-state index contributed by atoms with van der Waals surface area (Å²) in [7, 11) is 1.94. The lowest BCUT2D eigenvalue weighted by Crippen LogP contribution is -2.23. The Balaban J connectivity index is 2.74. The van der Waals surface area contributed by atoms with Gasteiger partial charge in [0.15, 0.2) is 0 Å². The number of nitrogens with zero attached hydrogens (tertiary/aromatic N) is 1. The minimum absolute atomic E-state index is 0.277. The Morgan fingerprint density at radius 1 is 1.53 bits per heavy atom. The maximum absolute atomic E-state index is 10.8. The largest absolute Gasteiger partial charge is 0.478 e. The summed E-state index contributed by atoms with van der Waals surface area (Å²) in [5.74, 6) is -0.922. The van der Waals surface area contributed by atoms with Crippen LogP contribution < -0.4 is 4.90 Å². The molecule has 0 fully saturated rings. The number of ether oxygens (including phenoxy) is 1. The van der Waals surface area contributed by atoms with E-state index in [1.165, 1.54) is 0 Å². The van der Waals surface area contributed by atoms with Crippen LogP contribution in [0.3, 0.4) is 0 Å². The van der Waals surface area contributed by atoms with Crippen molar-refractivity contribution < 1.29 is 14.6 Å². The van der Waals surface area contributed by atoms with Crippen LogP contribution >= 0.6 is 15.9 Å². The highest BCUT2D eigenvalue weighted by Gasteiger charge is 2.09. The number of hydrogen-bond acceptors (Lipinski definition) is 3. The first kappa shape index (κ1) is 14.0. The van der Waals surface area contributed by atoms with Crippen LogP contribution in [0.15, 0.2) is 22.7 Å². The maximum atomic E-state index is 10.8. The molecule has 0 aliphatic heterocycles. The molecule has 0 radical (unpaired) electrons. The average molecular weight is 302 g/mol. The van der Waals surface area contributed by atoms with Crippen molar-refractivity contribution in [2.75, 3.05) is 31.7 Å². The Hall–Kier alpha value is -1.07. The SMILES string of the molecule is CCOCCN(C)c1ccc(C(=O)O)cc1Br. The Labute approximate surface area is 109 Å². The van der Waals surface area contributed by atoms with Gasteiger partial charge in [-0.25, -0.2) is 4.79 Å². The molecule has 0 aliphatic carbocycles. The number of likely N-dealkylation sites (N-methyl/N-ethyl adjacent to an activating group) is 1. The highest BCUT2D eigenvalue weighted by Crippen LogP contribution is 2.26. The molecule has 5 heteroatoms. The fourth-order valence-electron chi connectivity index (χ4n) is 1.42. The van der Waals surface area contributed by atoms with Crippen molar-refractivity contribution in [1.29, 1.82) is 0 Å². The Bertz CT molecular complexity index is 395. The minimum atomic E-state index is -0.922. The second-order valence-corrected chi connectivity index (χ2v) is 4.44. The van der Waals surface area contributed by atoms with Gasteiger partial charge < -0.3 is 14.7 Å². The first-order valence-electron chi connectivity index (χ1n) is 5.38. The third-order valence-electron chi connectivity index (χ3n) is 2.38. The van der Waals surface area contributed by atoms with Gasteiger partial charge in [0.25, 0.3) is 0 Å². The first-order valence-corrected chi connectivity index (χ1v) is 6.17. The van der Waals surface area contributed by atoms with Crippen molar-refractivity contribution in [3.05, 3.63) is 28.2 Å². The van der Waals surface area contributed by atoms with E-state index in [-0.39, 0.29) is 5.56 Å². The second-order valence-electron chi connectivity index (χ2n) is 3.59. The standard InChI is InChI=1S/C12H16BrNO3/c1-3-17-7-6-14(2)11-5-4-9(12(15)16)8-10(11)13/h4-5,8H,3,6-7H2,1-2H3,(H,15,16). The number of rotatable bonds is 6. The fourth-order valence-corrected chi connectivity index (χ4v) is 2.10. The average Bonchev–Trinajstić information content (AvgIpc) is 2.28. The fraction of sp³-hybridized carbons (Fsp3) is 0.417. The lowest BCUT2D eigenvalue weighted by atomic mass is 10.2. The summed E-state index contributed by atoms with van der Waals surface area (Å²) in [4.78, 5) is 12.8. The normalized spacial score (nSPS) is 10.3. The molecule has 0 amide bonds. The summed E-state index contributed by atoms with van der Waals surface area (Å²) in [6.45, 7) is 4.07. The molecule has 17 heavy (non-hydrogen) atoms. The number of benzene rings is 1. The molecule has 1 aromatic carbocycles. The molecule has 0 aliphatic rings. The summed E-state index contributed by atoms with van der Waals surface area (Å²) in [5.41, 5.74) is 1.23. The number of carboxylic acids is 1. The van der Waals surface area contributed by atoms with Gasteiger partial charge in [0, 0.05) is 24.7 Å². The number of hydrogen-bond donors (Lipinski definition) is 1. The molecule has 1 rings (SSSR count). The zero-order valence-corrected chi connectivity index (χ0v) is 11.5. The van der Waals surface area contributed by atoms with Gasteiger partial charge in [0.05, 0.1) is 17.9 Å². The molecule has 0 aromatic heterocycles. The summed E-state index contributed by atoms with van der Waals surface area (Å²) in [6.07, 6.45) is 0. The first-order chi connectivity index (χ1) is 8.06. The van der Waals surface area contributed by atoms with Crippen LogP contribution in [0.5, 0.6) is 0 Å². The summed E-state index contributed by atoms with van der Waals surface area (Å²) in [6, 6.07) is 4.99. The van der Waals surface area contributed by atoms with Crippen molar-refractivity contribution in [1.82, 2.24) is 0 Å². The van der Waals surface area contributed by atoms with E-state index >= 15 is 0 Å².